The summed E-state index contributed by atoms with van der Waals surface area (Å²) in [6, 6.07) is 19.8. The third-order valence-electron chi connectivity index (χ3n) is 6.05. The molecule has 174 valence electrons. The Morgan fingerprint density at radius 1 is 1.18 bits per heavy atom. The van der Waals surface area contributed by atoms with Crippen LogP contribution in [0, 0.1) is 6.92 Å². The summed E-state index contributed by atoms with van der Waals surface area (Å²) in [6.07, 6.45) is 2.50. The van der Waals surface area contributed by atoms with Crippen LogP contribution in [-0.4, -0.2) is 46.6 Å². The van der Waals surface area contributed by atoms with Crippen molar-refractivity contribution >= 4 is 22.7 Å². The third-order valence-corrected chi connectivity index (χ3v) is 6.05. The van der Waals surface area contributed by atoms with Gasteiger partial charge >= 0.3 is 5.97 Å². The van der Waals surface area contributed by atoms with E-state index in [9.17, 15) is 4.79 Å². The average Bonchev–Trinajstić information content (AvgIpc) is 3.51. The zero-order chi connectivity index (χ0) is 23.5. The van der Waals surface area contributed by atoms with Crippen molar-refractivity contribution in [2.24, 2.45) is 0 Å². The Hall–Kier alpha value is -3.71. The largest absolute Gasteiger partial charge is 0.461 e. The molecule has 4 aromatic rings. The van der Waals surface area contributed by atoms with E-state index in [2.05, 4.69) is 34.6 Å². The second-order valence-electron chi connectivity index (χ2n) is 8.40. The number of hydrogen-bond acceptors (Lipinski definition) is 6. The monoisotopic (exact) mass is 456 g/mol. The van der Waals surface area contributed by atoms with Crippen molar-refractivity contribution in [2.75, 3.05) is 25.1 Å². The Balaban J connectivity index is 1.56. The quantitative estimate of drug-likeness (QED) is 0.387. The highest BCUT2D eigenvalue weighted by atomic mass is 16.5. The van der Waals surface area contributed by atoms with Crippen LogP contribution >= 0.6 is 0 Å². The van der Waals surface area contributed by atoms with E-state index in [1.807, 2.05) is 37.3 Å². The number of para-hydroxylation sites is 1. The van der Waals surface area contributed by atoms with Gasteiger partial charge in [-0.3, -0.25) is 0 Å². The van der Waals surface area contributed by atoms with Crippen LogP contribution in [0.3, 0.4) is 0 Å². The van der Waals surface area contributed by atoms with Gasteiger partial charge in [-0.2, -0.15) is 5.10 Å². The maximum Gasteiger partial charge on any atom is 0.357 e. The number of carbonyl (C=O) groups is 1. The molecule has 1 saturated heterocycles. The van der Waals surface area contributed by atoms with Crippen molar-refractivity contribution in [1.29, 1.82) is 0 Å². The number of ether oxygens (including phenoxy) is 2. The molecule has 0 bridgehead atoms. The molecule has 0 aliphatic carbocycles. The van der Waals surface area contributed by atoms with E-state index >= 15 is 0 Å². The zero-order valence-corrected chi connectivity index (χ0v) is 19.5. The van der Waals surface area contributed by atoms with E-state index in [4.69, 9.17) is 14.6 Å². The number of nitrogens with one attached hydrogen (secondary N) is 1. The number of nitrogens with zero attached hydrogens (tertiary/aromatic N) is 3. The van der Waals surface area contributed by atoms with Gasteiger partial charge in [-0.25, -0.2) is 14.5 Å². The number of carbonyl (C=O) groups excluding carboxylic acids is 1. The van der Waals surface area contributed by atoms with Gasteiger partial charge in [0.25, 0.3) is 0 Å². The second-order valence-corrected chi connectivity index (χ2v) is 8.40. The summed E-state index contributed by atoms with van der Waals surface area (Å²) in [5.41, 5.74) is 5.54. The summed E-state index contributed by atoms with van der Waals surface area (Å²) >= 11 is 0. The minimum atomic E-state index is -0.445. The van der Waals surface area contributed by atoms with E-state index in [0.29, 0.717) is 5.65 Å². The highest BCUT2D eigenvalue weighted by molar-refractivity contribution is 6.00. The second kappa shape index (κ2) is 9.65. The lowest BCUT2D eigenvalue weighted by Crippen LogP contribution is -2.18. The number of benzene rings is 2. The molecular weight excluding hydrogens is 428 g/mol. The molecule has 0 saturated carbocycles. The molecule has 0 radical (unpaired) electrons. The molecule has 3 heterocycles. The first-order valence-corrected chi connectivity index (χ1v) is 11.7. The Labute approximate surface area is 198 Å². The lowest BCUT2D eigenvalue weighted by molar-refractivity contribution is 0.0520. The summed E-state index contributed by atoms with van der Waals surface area (Å²) in [5, 5.41) is 9.13. The number of rotatable bonds is 7. The van der Waals surface area contributed by atoms with Gasteiger partial charge in [-0.15, -0.1) is 0 Å². The summed E-state index contributed by atoms with van der Waals surface area (Å²) in [6.45, 7) is 5.69. The number of aryl methyl sites for hydroxylation is 1. The average molecular weight is 457 g/mol. The van der Waals surface area contributed by atoms with E-state index in [1.54, 1.807) is 17.7 Å². The molecule has 1 aliphatic rings. The first-order valence-electron chi connectivity index (χ1n) is 11.7. The van der Waals surface area contributed by atoms with Crippen LogP contribution in [0.1, 0.15) is 35.9 Å². The van der Waals surface area contributed by atoms with E-state index in [0.717, 1.165) is 59.6 Å². The van der Waals surface area contributed by atoms with Crippen LogP contribution in [0.4, 0.5) is 5.69 Å². The fourth-order valence-corrected chi connectivity index (χ4v) is 4.38. The molecule has 1 fully saturated rings. The molecule has 0 amide bonds. The molecule has 0 unspecified atom stereocenters. The lowest BCUT2D eigenvalue weighted by Gasteiger charge is -2.13. The van der Waals surface area contributed by atoms with Crippen molar-refractivity contribution in [3.05, 3.63) is 72.1 Å². The van der Waals surface area contributed by atoms with Crippen molar-refractivity contribution in [3.8, 4) is 16.8 Å². The topological polar surface area (TPSA) is 78.3 Å². The summed E-state index contributed by atoms with van der Waals surface area (Å²) in [7, 11) is 0. The van der Waals surface area contributed by atoms with Gasteiger partial charge in [-0.05, 0) is 68.1 Å². The smallest absolute Gasteiger partial charge is 0.357 e. The summed E-state index contributed by atoms with van der Waals surface area (Å²) < 4.78 is 12.8. The zero-order valence-electron chi connectivity index (χ0n) is 19.5. The van der Waals surface area contributed by atoms with Crippen LogP contribution in [0.15, 0.2) is 60.7 Å². The van der Waals surface area contributed by atoms with Crippen LogP contribution < -0.4 is 5.32 Å². The molecule has 7 heteroatoms. The summed E-state index contributed by atoms with van der Waals surface area (Å²) in [5.74, 6) is -0.445. The molecule has 1 atom stereocenters. The molecular formula is C27H28N4O3. The fourth-order valence-electron chi connectivity index (χ4n) is 4.38. The van der Waals surface area contributed by atoms with Gasteiger partial charge in [-0.1, -0.05) is 30.3 Å². The molecule has 2 aromatic carbocycles. The number of hydrogen-bond donors (Lipinski definition) is 1. The van der Waals surface area contributed by atoms with E-state index < -0.39 is 5.97 Å². The van der Waals surface area contributed by atoms with Crippen molar-refractivity contribution in [1.82, 2.24) is 14.8 Å². The van der Waals surface area contributed by atoms with E-state index in [-0.39, 0.29) is 18.4 Å². The van der Waals surface area contributed by atoms with Crippen LogP contribution in [-0.2, 0) is 9.47 Å². The minimum absolute atomic E-state index is 0.266. The number of pyridine rings is 1. The molecule has 2 aromatic heterocycles. The fraction of sp³-hybridized carbons (Fsp3) is 0.296. The first-order chi connectivity index (χ1) is 16.6. The van der Waals surface area contributed by atoms with Gasteiger partial charge in [0.1, 0.15) is 0 Å². The number of fused-ring (bicyclic) bond motifs is 1. The predicted molar refractivity (Wildman–Crippen MR) is 132 cm³/mol. The van der Waals surface area contributed by atoms with Gasteiger partial charge < -0.3 is 14.8 Å². The van der Waals surface area contributed by atoms with Crippen LogP contribution in [0.5, 0.6) is 0 Å². The molecule has 1 N–H and O–H groups in total. The Morgan fingerprint density at radius 3 is 2.68 bits per heavy atom. The predicted octanol–water partition coefficient (Wildman–Crippen LogP) is 5.16. The Kier molecular flexibility index (Phi) is 6.27. The van der Waals surface area contributed by atoms with Crippen molar-refractivity contribution in [3.63, 3.8) is 0 Å². The van der Waals surface area contributed by atoms with E-state index in [1.165, 1.54) is 0 Å². The van der Waals surface area contributed by atoms with Crippen LogP contribution in [0.25, 0.3) is 27.8 Å². The lowest BCUT2D eigenvalue weighted by atomic mass is 10.0. The first kappa shape index (κ1) is 22.1. The Morgan fingerprint density at radius 2 is 1.97 bits per heavy atom. The molecule has 1 aliphatic heterocycles. The maximum atomic E-state index is 12.7. The number of esters is 1. The number of aromatic nitrogens is 3. The SMILES string of the molecule is CCOC(=O)c1cc(-c2ccc(NC[C@@H]3CCCO3)cc2)c2c(C)nn(-c3ccccc3)c2n1. The Bertz CT molecular complexity index is 1290. The standard InChI is InChI=1S/C27H28N4O3/c1-3-33-27(32)24-16-23(19-11-13-20(14-12-19)28-17-22-10-7-15-34-22)25-18(2)30-31(26(25)29-24)21-8-5-4-6-9-21/h4-6,8-9,11-14,16,22,28H,3,7,10,15,17H2,1-2H3/t22-/m0/s1. The highest BCUT2D eigenvalue weighted by Gasteiger charge is 2.21. The third kappa shape index (κ3) is 4.39. The van der Waals surface area contributed by atoms with Gasteiger partial charge in [0.2, 0.25) is 0 Å². The van der Waals surface area contributed by atoms with Crippen molar-refractivity contribution in [2.45, 2.75) is 32.8 Å². The van der Waals surface area contributed by atoms with Crippen LogP contribution in [0.2, 0.25) is 0 Å². The normalized spacial score (nSPS) is 15.5. The van der Waals surface area contributed by atoms with Crippen molar-refractivity contribution < 1.29 is 14.3 Å². The minimum Gasteiger partial charge on any atom is -0.461 e. The van der Waals surface area contributed by atoms with Gasteiger partial charge in [0.15, 0.2) is 11.3 Å². The van der Waals surface area contributed by atoms with Gasteiger partial charge in [0.05, 0.1) is 29.5 Å². The highest BCUT2D eigenvalue weighted by Crippen LogP contribution is 2.33. The molecule has 5 rings (SSSR count). The molecule has 34 heavy (non-hydrogen) atoms. The number of anilines is 1. The maximum absolute atomic E-state index is 12.7. The summed E-state index contributed by atoms with van der Waals surface area (Å²) in [4.78, 5) is 17.3. The molecule has 7 nitrogen and oxygen atoms in total. The molecule has 0 spiro atoms. The van der Waals surface area contributed by atoms with Gasteiger partial charge in [0, 0.05) is 18.8 Å².